The van der Waals surface area contributed by atoms with E-state index in [1.54, 1.807) is 0 Å². The van der Waals surface area contributed by atoms with E-state index in [0.29, 0.717) is 0 Å². The van der Waals surface area contributed by atoms with E-state index >= 15 is 0 Å². The monoisotopic (exact) mass is 374 g/mol. The van der Waals surface area contributed by atoms with Crippen molar-refractivity contribution in [3.63, 3.8) is 0 Å². The molecule has 0 saturated heterocycles. The highest BCUT2D eigenvalue weighted by Crippen LogP contribution is 2.25. The lowest BCUT2D eigenvalue weighted by Gasteiger charge is -2.05. The van der Waals surface area contributed by atoms with Gasteiger partial charge in [-0.25, -0.2) is 4.79 Å². The number of amides is 1. The highest BCUT2D eigenvalue weighted by Gasteiger charge is 2.11. The predicted octanol–water partition coefficient (Wildman–Crippen LogP) is 3.80. The summed E-state index contributed by atoms with van der Waals surface area (Å²) >= 11 is 3.41. The average molecular weight is 374 g/mol. The minimum atomic E-state index is -0.458. The number of benzene rings is 1. The number of aromatic nitrogens is 1. The van der Waals surface area contributed by atoms with Gasteiger partial charge in [-0.15, -0.1) is 0 Å². The van der Waals surface area contributed by atoms with Gasteiger partial charge in [0.25, 0.3) is 0 Å². The Morgan fingerprint density at radius 2 is 2.17 bits per heavy atom. The lowest BCUT2D eigenvalue weighted by molar-refractivity contribution is 0.155. The number of hydrogen-bond donors (Lipinski definition) is 1. The summed E-state index contributed by atoms with van der Waals surface area (Å²) in [5.41, 5.74) is 1.88. The summed E-state index contributed by atoms with van der Waals surface area (Å²) in [5, 5.41) is 3.42. The van der Waals surface area contributed by atoms with Crippen molar-refractivity contribution < 1.29 is 9.53 Å². The number of halogens is 1. The van der Waals surface area contributed by atoms with Gasteiger partial charge in [0, 0.05) is 0 Å². The quantitative estimate of drug-likeness (QED) is 0.832. The second-order valence-corrected chi connectivity index (χ2v) is 5.45. The maximum Gasteiger partial charge on any atom is 0.412 e. The molecule has 0 aliphatic carbocycles. The van der Waals surface area contributed by atoms with Gasteiger partial charge >= 0.3 is 6.09 Å². The Morgan fingerprint density at radius 1 is 1.44 bits per heavy atom. The fraction of sp³-hybridized carbons (Fsp3) is 0.167. The molecule has 0 aliphatic rings. The van der Waals surface area contributed by atoms with E-state index in [4.69, 9.17) is 4.74 Å². The number of anilines is 1. The SMILES string of the molecule is Cc1nsc(NC(=O)OCc2ccccc2)c1I. The molecule has 1 aromatic carbocycles. The summed E-state index contributed by atoms with van der Waals surface area (Å²) in [4.78, 5) is 11.6. The van der Waals surface area contributed by atoms with E-state index in [1.165, 1.54) is 11.5 Å². The number of nitrogens with zero attached hydrogens (tertiary/aromatic N) is 1. The third kappa shape index (κ3) is 3.42. The van der Waals surface area contributed by atoms with Crippen LogP contribution in [0, 0.1) is 10.5 Å². The van der Waals surface area contributed by atoms with Crippen molar-refractivity contribution >= 4 is 45.2 Å². The molecule has 1 aromatic heterocycles. The van der Waals surface area contributed by atoms with Crippen LogP contribution in [-0.4, -0.2) is 10.5 Å². The number of aryl methyl sites for hydroxylation is 1. The highest BCUT2D eigenvalue weighted by molar-refractivity contribution is 14.1. The molecule has 2 aromatic rings. The minimum Gasteiger partial charge on any atom is -0.444 e. The van der Waals surface area contributed by atoms with Gasteiger partial charge in [0.15, 0.2) is 0 Å². The largest absolute Gasteiger partial charge is 0.444 e. The normalized spacial score (nSPS) is 10.1. The summed E-state index contributed by atoms with van der Waals surface area (Å²) in [6.45, 7) is 2.17. The average Bonchev–Trinajstić information content (AvgIpc) is 2.70. The number of ether oxygens (including phenoxy) is 1. The second-order valence-electron chi connectivity index (χ2n) is 3.60. The van der Waals surface area contributed by atoms with Crippen molar-refractivity contribution in [1.82, 2.24) is 4.37 Å². The highest BCUT2D eigenvalue weighted by atomic mass is 127. The van der Waals surface area contributed by atoms with Gasteiger partial charge in [-0.1, -0.05) is 30.3 Å². The van der Waals surface area contributed by atoms with Gasteiger partial charge in [-0.3, -0.25) is 5.32 Å². The topological polar surface area (TPSA) is 51.2 Å². The fourth-order valence-electron chi connectivity index (χ4n) is 1.29. The molecular formula is C12H11IN2O2S. The lowest BCUT2D eigenvalue weighted by atomic mass is 10.2. The van der Waals surface area contributed by atoms with Crippen LogP contribution in [0.25, 0.3) is 0 Å². The van der Waals surface area contributed by atoms with Crippen molar-refractivity contribution in [2.45, 2.75) is 13.5 Å². The zero-order valence-corrected chi connectivity index (χ0v) is 12.6. The van der Waals surface area contributed by atoms with Gasteiger partial charge in [-0.2, -0.15) is 4.37 Å². The smallest absolute Gasteiger partial charge is 0.412 e. The van der Waals surface area contributed by atoms with E-state index in [2.05, 4.69) is 32.3 Å². The molecule has 0 spiro atoms. The van der Waals surface area contributed by atoms with Crippen molar-refractivity contribution in [2.75, 3.05) is 5.32 Å². The number of hydrogen-bond acceptors (Lipinski definition) is 4. The summed E-state index contributed by atoms with van der Waals surface area (Å²) in [6.07, 6.45) is -0.458. The number of rotatable bonds is 3. The van der Waals surface area contributed by atoms with Crippen molar-refractivity contribution in [2.24, 2.45) is 0 Å². The zero-order valence-electron chi connectivity index (χ0n) is 9.64. The molecule has 0 radical (unpaired) electrons. The van der Waals surface area contributed by atoms with Gasteiger partial charge in [-0.05, 0) is 46.6 Å². The zero-order chi connectivity index (χ0) is 13.0. The Kier molecular flexibility index (Phi) is 4.54. The molecular weight excluding hydrogens is 363 g/mol. The first-order chi connectivity index (χ1) is 8.66. The second kappa shape index (κ2) is 6.14. The Morgan fingerprint density at radius 3 is 2.78 bits per heavy atom. The fourth-order valence-corrected chi connectivity index (χ4v) is 2.68. The van der Waals surface area contributed by atoms with Gasteiger partial charge < -0.3 is 4.74 Å². The van der Waals surface area contributed by atoms with E-state index in [0.717, 1.165) is 19.8 Å². The molecule has 0 aliphatic heterocycles. The molecule has 4 nitrogen and oxygen atoms in total. The summed E-state index contributed by atoms with van der Waals surface area (Å²) in [5.74, 6) is 0. The first-order valence-electron chi connectivity index (χ1n) is 5.26. The first-order valence-corrected chi connectivity index (χ1v) is 7.11. The molecule has 1 amide bonds. The Hall–Kier alpha value is -1.15. The number of nitrogens with one attached hydrogen (secondary N) is 1. The summed E-state index contributed by atoms with van der Waals surface area (Å²) in [7, 11) is 0. The maximum absolute atomic E-state index is 11.6. The summed E-state index contributed by atoms with van der Waals surface area (Å²) in [6, 6.07) is 9.56. The molecule has 1 heterocycles. The van der Waals surface area contributed by atoms with E-state index in [1.807, 2.05) is 37.3 Å². The standard InChI is InChI=1S/C12H11IN2O2S/c1-8-10(13)11(18-15-8)14-12(16)17-7-9-5-3-2-4-6-9/h2-6H,7H2,1H3,(H,14,16). The Bertz CT molecular complexity index is 542. The molecule has 1 N–H and O–H groups in total. The van der Waals surface area contributed by atoms with E-state index in [9.17, 15) is 4.79 Å². The first kappa shape index (κ1) is 13.3. The molecule has 2 rings (SSSR count). The van der Waals surface area contributed by atoms with Gasteiger partial charge in [0.05, 0.1) is 9.26 Å². The van der Waals surface area contributed by atoms with Crippen LogP contribution >= 0.6 is 34.1 Å². The summed E-state index contributed by atoms with van der Waals surface area (Å²) < 4.78 is 10.2. The van der Waals surface area contributed by atoms with Crippen molar-refractivity contribution in [3.8, 4) is 0 Å². The lowest BCUT2D eigenvalue weighted by Crippen LogP contribution is -2.13. The molecule has 0 atom stereocenters. The minimum absolute atomic E-state index is 0.265. The van der Waals surface area contributed by atoms with Crippen LogP contribution in [0.2, 0.25) is 0 Å². The van der Waals surface area contributed by atoms with Gasteiger partial charge in [0.2, 0.25) is 0 Å². The van der Waals surface area contributed by atoms with Crippen LogP contribution in [-0.2, 0) is 11.3 Å². The van der Waals surface area contributed by atoms with Crippen LogP contribution in [0.1, 0.15) is 11.3 Å². The predicted molar refractivity (Wildman–Crippen MR) is 79.8 cm³/mol. The van der Waals surface area contributed by atoms with E-state index in [-0.39, 0.29) is 6.61 Å². The molecule has 0 fully saturated rings. The van der Waals surface area contributed by atoms with Crippen LogP contribution in [0.15, 0.2) is 30.3 Å². The Labute approximate surface area is 123 Å². The number of carbonyl (C=O) groups excluding carboxylic acids is 1. The molecule has 94 valence electrons. The van der Waals surface area contributed by atoms with Crippen molar-refractivity contribution in [1.29, 1.82) is 0 Å². The van der Waals surface area contributed by atoms with Crippen molar-refractivity contribution in [3.05, 3.63) is 45.2 Å². The van der Waals surface area contributed by atoms with Crippen LogP contribution in [0.5, 0.6) is 0 Å². The molecule has 0 saturated carbocycles. The van der Waals surface area contributed by atoms with Crippen LogP contribution in [0.4, 0.5) is 9.80 Å². The third-order valence-corrected chi connectivity index (χ3v) is 4.76. The van der Waals surface area contributed by atoms with Crippen LogP contribution < -0.4 is 5.32 Å². The Balaban J connectivity index is 1.88. The van der Waals surface area contributed by atoms with E-state index < -0.39 is 6.09 Å². The maximum atomic E-state index is 11.6. The van der Waals surface area contributed by atoms with Gasteiger partial charge in [0.1, 0.15) is 11.6 Å². The van der Waals surface area contributed by atoms with Crippen LogP contribution in [0.3, 0.4) is 0 Å². The molecule has 6 heteroatoms. The molecule has 0 unspecified atom stereocenters. The molecule has 0 bridgehead atoms. The molecule has 18 heavy (non-hydrogen) atoms. The third-order valence-electron chi connectivity index (χ3n) is 2.22. The number of carbonyl (C=O) groups is 1.